The summed E-state index contributed by atoms with van der Waals surface area (Å²) in [5.74, 6) is -2.69. The maximum Gasteiger partial charge on any atom is 0.201 e. The molecule has 1 aliphatic heterocycles. The lowest BCUT2D eigenvalue weighted by Crippen LogP contribution is -2.20. The Kier molecular flexibility index (Phi) is 7.13. The predicted octanol–water partition coefficient (Wildman–Crippen LogP) is 5.05. The van der Waals surface area contributed by atoms with Crippen molar-refractivity contribution in [2.75, 3.05) is 19.1 Å². The smallest absolute Gasteiger partial charge is 0.201 e. The van der Waals surface area contributed by atoms with Crippen LogP contribution in [-0.4, -0.2) is 41.5 Å². The van der Waals surface area contributed by atoms with E-state index >= 15 is 4.39 Å². The maximum atomic E-state index is 15.4. The molecule has 0 aliphatic carbocycles. The number of thioether (sulfide) groups is 2. The van der Waals surface area contributed by atoms with Crippen molar-refractivity contribution < 1.29 is 23.5 Å². The number of rotatable bonds is 7. The van der Waals surface area contributed by atoms with Crippen molar-refractivity contribution in [3.8, 4) is 0 Å². The van der Waals surface area contributed by atoms with Gasteiger partial charge in [0.1, 0.15) is 11.9 Å². The quantitative estimate of drug-likeness (QED) is 0.255. The molecule has 0 bridgehead atoms. The average Bonchev–Trinajstić information content (AvgIpc) is 3.11. The molecule has 5 nitrogen and oxygen atoms in total. The minimum atomic E-state index is -0.830. The fourth-order valence-corrected chi connectivity index (χ4v) is 4.61. The third-order valence-electron chi connectivity index (χ3n) is 4.58. The minimum absolute atomic E-state index is 0.0667. The molecule has 0 N–H and O–H groups in total. The predicted molar refractivity (Wildman–Crippen MR) is 117 cm³/mol. The van der Waals surface area contributed by atoms with E-state index in [0.29, 0.717) is 4.24 Å². The third kappa shape index (κ3) is 4.67. The number of hydrogen-bond acceptors (Lipinski definition) is 7. The van der Waals surface area contributed by atoms with Crippen LogP contribution in [0.3, 0.4) is 0 Å². The van der Waals surface area contributed by atoms with Crippen molar-refractivity contribution in [3.63, 3.8) is 0 Å². The van der Waals surface area contributed by atoms with Crippen molar-refractivity contribution in [2.24, 2.45) is 0 Å². The summed E-state index contributed by atoms with van der Waals surface area (Å²) in [6.45, 7) is 3.67. The number of ether oxygens (including phenoxy) is 2. The Balaban J connectivity index is 2.05. The highest BCUT2D eigenvalue weighted by Crippen LogP contribution is 2.36. The summed E-state index contributed by atoms with van der Waals surface area (Å²) < 4.78 is 27.2. The summed E-state index contributed by atoms with van der Waals surface area (Å²) in [6.07, 6.45) is 5.85. The summed E-state index contributed by atoms with van der Waals surface area (Å²) in [5.41, 5.74) is 0.262. The van der Waals surface area contributed by atoms with Crippen LogP contribution in [0.1, 0.15) is 46.2 Å². The van der Waals surface area contributed by atoms with E-state index in [-0.39, 0.29) is 28.9 Å². The summed E-state index contributed by atoms with van der Waals surface area (Å²) in [7, 11) is 0. The number of pyridine rings is 1. The topological polar surface area (TPSA) is 65.5 Å². The number of nitrogens with zero attached hydrogens (tertiary/aromatic N) is 1. The van der Waals surface area contributed by atoms with Gasteiger partial charge in [0.2, 0.25) is 5.78 Å². The van der Waals surface area contributed by atoms with Gasteiger partial charge in [-0.25, -0.2) is 4.39 Å². The molecule has 1 aromatic heterocycles. The molecule has 0 radical (unpaired) electrons. The van der Waals surface area contributed by atoms with Crippen LogP contribution in [-0.2, 0) is 9.47 Å². The molecule has 30 heavy (non-hydrogen) atoms. The van der Waals surface area contributed by atoms with Gasteiger partial charge >= 0.3 is 0 Å². The Bertz CT molecular complexity index is 986. The van der Waals surface area contributed by atoms with Crippen molar-refractivity contribution in [3.05, 3.63) is 75.0 Å². The number of Topliss-reactive ketones (excluding diaryl/α,β-unsaturated/α-hetero) is 2. The molecule has 2 heterocycles. The molecule has 1 fully saturated rings. The average molecular weight is 448 g/mol. The normalized spacial score (nSPS) is 17.6. The first-order chi connectivity index (χ1) is 14.3. The molecular weight excluding hydrogens is 425 g/mol. The van der Waals surface area contributed by atoms with Crippen molar-refractivity contribution in [2.45, 2.75) is 25.7 Å². The second kappa shape index (κ2) is 9.43. The SMILES string of the molecule is CSC(SC)=C(C(=O)c1cccnc1)C(=O)c1cccc([C@@H]2COC(C)(C)O2)c1F. The third-order valence-corrected chi connectivity index (χ3v) is 6.73. The van der Waals surface area contributed by atoms with E-state index in [2.05, 4.69) is 4.98 Å². The summed E-state index contributed by atoms with van der Waals surface area (Å²) >= 11 is 2.55. The molecule has 1 atom stereocenters. The number of ketones is 2. The van der Waals surface area contributed by atoms with E-state index < -0.39 is 29.3 Å². The zero-order valence-corrected chi connectivity index (χ0v) is 18.7. The Hall–Kier alpha value is -2.00. The van der Waals surface area contributed by atoms with E-state index in [0.717, 1.165) is 0 Å². The molecule has 1 saturated heterocycles. The lowest BCUT2D eigenvalue weighted by Gasteiger charge is -2.18. The standard InChI is InChI=1S/C22H22FNO4S2/c1-22(2)27-12-16(28-22)14-8-5-9-15(18(14)23)20(26)17(21(29-3)30-4)19(25)13-7-6-10-24-11-13/h5-11,16H,12H2,1-4H3/t16-/m0/s1. The van der Waals surface area contributed by atoms with Crippen molar-refractivity contribution in [1.29, 1.82) is 0 Å². The lowest BCUT2D eigenvalue weighted by molar-refractivity contribution is -0.139. The molecule has 8 heteroatoms. The van der Waals surface area contributed by atoms with E-state index in [9.17, 15) is 9.59 Å². The van der Waals surface area contributed by atoms with Crippen LogP contribution in [0.2, 0.25) is 0 Å². The number of aromatic nitrogens is 1. The van der Waals surface area contributed by atoms with Gasteiger partial charge in [-0.15, -0.1) is 23.5 Å². The molecule has 2 aromatic rings. The maximum absolute atomic E-state index is 15.4. The van der Waals surface area contributed by atoms with Crippen LogP contribution in [0.4, 0.5) is 4.39 Å². The largest absolute Gasteiger partial charge is 0.347 e. The van der Waals surface area contributed by atoms with Crippen LogP contribution in [0, 0.1) is 5.82 Å². The first-order valence-electron chi connectivity index (χ1n) is 9.21. The van der Waals surface area contributed by atoms with Crippen molar-refractivity contribution in [1.82, 2.24) is 4.98 Å². The number of carbonyl (C=O) groups is 2. The van der Waals surface area contributed by atoms with Gasteiger partial charge < -0.3 is 9.47 Å². The second-order valence-electron chi connectivity index (χ2n) is 7.00. The summed E-state index contributed by atoms with van der Waals surface area (Å²) in [6, 6.07) is 7.74. The Labute approximate surface area is 183 Å². The van der Waals surface area contributed by atoms with Crippen LogP contribution >= 0.6 is 23.5 Å². The fourth-order valence-electron chi connectivity index (χ4n) is 3.17. The zero-order chi connectivity index (χ0) is 21.9. The van der Waals surface area contributed by atoms with E-state index in [1.807, 2.05) is 0 Å². The molecular formula is C22H22FNO4S2. The number of halogens is 1. The number of hydrogen-bond donors (Lipinski definition) is 0. The molecule has 0 unspecified atom stereocenters. The van der Waals surface area contributed by atoms with Gasteiger partial charge in [0.05, 0.1) is 22.0 Å². The number of carbonyl (C=O) groups excluding carboxylic acids is 2. The number of benzene rings is 1. The highest BCUT2D eigenvalue weighted by atomic mass is 32.2. The van der Waals surface area contributed by atoms with Gasteiger partial charge in [0.15, 0.2) is 11.6 Å². The monoisotopic (exact) mass is 447 g/mol. The number of allylic oxidation sites excluding steroid dienone is 1. The Morgan fingerprint density at radius 3 is 2.43 bits per heavy atom. The van der Waals surface area contributed by atoms with Gasteiger partial charge in [-0.2, -0.15) is 0 Å². The van der Waals surface area contributed by atoms with Crippen LogP contribution in [0.5, 0.6) is 0 Å². The van der Waals surface area contributed by atoms with Gasteiger partial charge in [-0.05, 0) is 44.6 Å². The first kappa shape index (κ1) is 22.7. The summed E-state index contributed by atoms with van der Waals surface area (Å²) in [4.78, 5) is 30.5. The first-order valence-corrected chi connectivity index (χ1v) is 11.7. The molecule has 0 spiro atoms. The fraction of sp³-hybridized carbons (Fsp3) is 0.318. The van der Waals surface area contributed by atoms with E-state index in [1.165, 1.54) is 35.8 Å². The highest BCUT2D eigenvalue weighted by Gasteiger charge is 2.36. The molecule has 1 aliphatic rings. The molecule has 0 amide bonds. The van der Waals surface area contributed by atoms with E-state index in [4.69, 9.17) is 9.47 Å². The lowest BCUT2D eigenvalue weighted by atomic mass is 9.95. The van der Waals surface area contributed by atoms with Crippen LogP contribution in [0.15, 0.2) is 52.5 Å². The zero-order valence-electron chi connectivity index (χ0n) is 17.1. The Morgan fingerprint density at radius 1 is 1.13 bits per heavy atom. The van der Waals surface area contributed by atoms with Crippen LogP contribution < -0.4 is 0 Å². The molecule has 0 saturated carbocycles. The molecule has 1 aromatic carbocycles. The van der Waals surface area contributed by atoms with Gasteiger partial charge in [-0.1, -0.05) is 12.1 Å². The minimum Gasteiger partial charge on any atom is -0.347 e. The Morgan fingerprint density at radius 2 is 1.87 bits per heavy atom. The van der Waals surface area contributed by atoms with Gasteiger partial charge in [0, 0.05) is 23.5 Å². The second-order valence-corrected chi connectivity index (χ2v) is 8.89. The van der Waals surface area contributed by atoms with E-state index in [1.54, 1.807) is 56.8 Å². The molecule has 158 valence electrons. The van der Waals surface area contributed by atoms with Gasteiger partial charge in [-0.3, -0.25) is 14.6 Å². The summed E-state index contributed by atoms with van der Waals surface area (Å²) in [5, 5.41) is 0. The van der Waals surface area contributed by atoms with Gasteiger partial charge in [0.25, 0.3) is 0 Å². The van der Waals surface area contributed by atoms with Crippen LogP contribution in [0.25, 0.3) is 0 Å². The van der Waals surface area contributed by atoms with Crippen molar-refractivity contribution >= 4 is 35.1 Å². The highest BCUT2D eigenvalue weighted by molar-refractivity contribution is 8.21. The molecule has 3 rings (SSSR count).